The Kier molecular flexibility index (Phi) is 4.70. The maximum atomic E-state index is 11.9. The summed E-state index contributed by atoms with van der Waals surface area (Å²) in [6, 6.07) is 7.75. The third kappa shape index (κ3) is 4.39. The second kappa shape index (κ2) is 5.87. The van der Waals surface area contributed by atoms with Gasteiger partial charge in [0.2, 0.25) is 5.91 Å². The van der Waals surface area contributed by atoms with Crippen LogP contribution >= 0.6 is 0 Å². The summed E-state index contributed by atoms with van der Waals surface area (Å²) in [5.41, 5.74) is 1.10. The molecule has 0 heterocycles. The first-order chi connectivity index (χ1) is 8.72. The summed E-state index contributed by atoms with van der Waals surface area (Å²) < 4.78 is 0. The number of rotatable bonds is 5. The van der Waals surface area contributed by atoms with Crippen LogP contribution in [-0.4, -0.2) is 17.0 Å². The predicted octanol–water partition coefficient (Wildman–Crippen LogP) is 2.67. The van der Waals surface area contributed by atoms with Crippen molar-refractivity contribution in [3.8, 4) is 0 Å². The SMILES string of the molecule is Cc1cccc([C@H](C)NC(=O)CC(C)(C)C(=O)O)c1. The molecule has 0 aromatic heterocycles. The molecule has 0 aliphatic rings. The minimum Gasteiger partial charge on any atom is -0.481 e. The zero-order valence-electron chi connectivity index (χ0n) is 11.9. The largest absolute Gasteiger partial charge is 0.481 e. The number of carboxylic acid groups (broad SMARTS) is 1. The fraction of sp³-hybridized carbons (Fsp3) is 0.467. The first kappa shape index (κ1) is 15.2. The average molecular weight is 263 g/mol. The second-order valence-corrected chi connectivity index (χ2v) is 5.57. The minimum absolute atomic E-state index is 0.0293. The van der Waals surface area contributed by atoms with Crippen LogP contribution in [0.1, 0.15) is 44.4 Å². The molecule has 2 N–H and O–H groups in total. The second-order valence-electron chi connectivity index (χ2n) is 5.57. The quantitative estimate of drug-likeness (QED) is 0.858. The van der Waals surface area contributed by atoms with E-state index in [4.69, 9.17) is 5.11 Å². The highest BCUT2D eigenvalue weighted by atomic mass is 16.4. The molecule has 0 aliphatic heterocycles. The van der Waals surface area contributed by atoms with Gasteiger partial charge in [-0.15, -0.1) is 0 Å². The fourth-order valence-corrected chi connectivity index (χ4v) is 1.79. The van der Waals surface area contributed by atoms with Crippen LogP contribution in [-0.2, 0) is 9.59 Å². The van der Waals surface area contributed by atoms with Gasteiger partial charge in [-0.05, 0) is 33.3 Å². The van der Waals surface area contributed by atoms with Crippen molar-refractivity contribution < 1.29 is 14.7 Å². The van der Waals surface area contributed by atoms with Crippen LogP contribution in [0.3, 0.4) is 0 Å². The highest BCUT2D eigenvalue weighted by Crippen LogP contribution is 2.21. The molecular weight excluding hydrogens is 242 g/mol. The van der Waals surface area contributed by atoms with Crippen molar-refractivity contribution in [1.82, 2.24) is 5.32 Å². The maximum Gasteiger partial charge on any atom is 0.309 e. The Morgan fingerprint density at radius 2 is 2.00 bits per heavy atom. The van der Waals surface area contributed by atoms with Crippen LogP contribution in [0.4, 0.5) is 0 Å². The van der Waals surface area contributed by atoms with E-state index < -0.39 is 11.4 Å². The molecule has 1 amide bonds. The molecular formula is C15H21NO3. The molecule has 19 heavy (non-hydrogen) atoms. The molecule has 0 fully saturated rings. The van der Waals surface area contributed by atoms with Crippen molar-refractivity contribution >= 4 is 11.9 Å². The predicted molar refractivity (Wildman–Crippen MR) is 73.8 cm³/mol. The van der Waals surface area contributed by atoms with Crippen LogP contribution in [0, 0.1) is 12.3 Å². The zero-order valence-corrected chi connectivity index (χ0v) is 11.9. The van der Waals surface area contributed by atoms with Crippen molar-refractivity contribution in [1.29, 1.82) is 0 Å². The Labute approximate surface area is 113 Å². The van der Waals surface area contributed by atoms with E-state index in [0.29, 0.717) is 0 Å². The van der Waals surface area contributed by atoms with Gasteiger partial charge in [0.25, 0.3) is 0 Å². The first-order valence-electron chi connectivity index (χ1n) is 6.32. The van der Waals surface area contributed by atoms with Crippen LogP contribution < -0.4 is 5.32 Å². The summed E-state index contributed by atoms with van der Waals surface area (Å²) in [5.74, 6) is -1.22. The van der Waals surface area contributed by atoms with Gasteiger partial charge in [-0.2, -0.15) is 0 Å². The van der Waals surface area contributed by atoms with Gasteiger partial charge in [-0.3, -0.25) is 9.59 Å². The molecule has 0 saturated carbocycles. The van der Waals surface area contributed by atoms with Crippen LogP contribution in [0.15, 0.2) is 24.3 Å². The fourth-order valence-electron chi connectivity index (χ4n) is 1.79. The molecule has 1 rings (SSSR count). The van der Waals surface area contributed by atoms with E-state index in [1.165, 1.54) is 0 Å². The molecule has 0 radical (unpaired) electrons. The molecule has 0 spiro atoms. The Morgan fingerprint density at radius 1 is 1.37 bits per heavy atom. The normalized spacial score (nSPS) is 12.8. The number of carbonyl (C=O) groups excluding carboxylic acids is 1. The summed E-state index contributed by atoms with van der Waals surface area (Å²) in [5, 5.41) is 11.8. The Hall–Kier alpha value is -1.84. The summed E-state index contributed by atoms with van der Waals surface area (Å²) in [6.07, 6.45) is -0.0293. The first-order valence-corrected chi connectivity index (χ1v) is 6.32. The van der Waals surface area contributed by atoms with Crippen molar-refractivity contribution in [3.05, 3.63) is 35.4 Å². The third-order valence-corrected chi connectivity index (χ3v) is 3.10. The molecule has 0 saturated heterocycles. The molecule has 0 bridgehead atoms. The van der Waals surface area contributed by atoms with Gasteiger partial charge in [0.1, 0.15) is 0 Å². The van der Waals surface area contributed by atoms with Crippen LogP contribution in [0.5, 0.6) is 0 Å². The van der Waals surface area contributed by atoms with E-state index in [1.54, 1.807) is 13.8 Å². The highest BCUT2D eigenvalue weighted by molar-refractivity contribution is 5.84. The monoisotopic (exact) mass is 263 g/mol. The van der Waals surface area contributed by atoms with Gasteiger partial charge in [0.15, 0.2) is 0 Å². The number of hydrogen-bond donors (Lipinski definition) is 2. The van der Waals surface area contributed by atoms with Gasteiger partial charge in [-0.1, -0.05) is 29.8 Å². The van der Waals surface area contributed by atoms with Crippen molar-refractivity contribution in [3.63, 3.8) is 0 Å². The zero-order chi connectivity index (χ0) is 14.6. The lowest BCUT2D eigenvalue weighted by atomic mass is 9.89. The van der Waals surface area contributed by atoms with Crippen LogP contribution in [0.2, 0.25) is 0 Å². The number of carboxylic acids is 1. The molecule has 1 aromatic carbocycles. The Balaban J connectivity index is 2.65. The van der Waals surface area contributed by atoms with E-state index >= 15 is 0 Å². The number of hydrogen-bond acceptors (Lipinski definition) is 2. The summed E-state index contributed by atoms with van der Waals surface area (Å²) >= 11 is 0. The summed E-state index contributed by atoms with van der Waals surface area (Å²) in [6.45, 7) is 6.98. The van der Waals surface area contributed by atoms with Crippen molar-refractivity contribution in [2.75, 3.05) is 0 Å². The van der Waals surface area contributed by atoms with Crippen molar-refractivity contribution in [2.24, 2.45) is 5.41 Å². The topological polar surface area (TPSA) is 66.4 Å². The number of benzene rings is 1. The smallest absolute Gasteiger partial charge is 0.309 e. The van der Waals surface area contributed by atoms with E-state index in [2.05, 4.69) is 5.32 Å². The van der Waals surface area contributed by atoms with E-state index in [1.807, 2.05) is 38.1 Å². The minimum atomic E-state index is -1.05. The number of aryl methyl sites for hydroxylation is 1. The molecule has 0 unspecified atom stereocenters. The average Bonchev–Trinajstić information content (AvgIpc) is 2.27. The van der Waals surface area contributed by atoms with E-state index in [9.17, 15) is 9.59 Å². The lowest BCUT2D eigenvalue weighted by Gasteiger charge is -2.21. The van der Waals surface area contributed by atoms with Gasteiger partial charge in [-0.25, -0.2) is 0 Å². The summed E-state index contributed by atoms with van der Waals surface area (Å²) in [4.78, 5) is 22.8. The maximum absolute atomic E-state index is 11.9. The Morgan fingerprint density at radius 3 is 2.53 bits per heavy atom. The molecule has 4 nitrogen and oxygen atoms in total. The molecule has 104 valence electrons. The number of amides is 1. The number of carbonyl (C=O) groups is 2. The third-order valence-electron chi connectivity index (χ3n) is 3.10. The molecule has 0 aliphatic carbocycles. The summed E-state index contributed by atoms with van der Waals surface area (Å²) in [7, 11) is 0. The Bertz CT molecular complexity index is 480. The number of nitrogens with one attached hydrogen (secondary N) is 1. The van der Waals surface area contributed by atoms with Crippen molar-refractivity contribution in [2.45, 2.75) is 40.2 Å². The standard InChI is InChI=1S/C15H21NO3/c1-10-6-5-7-12(8-10)11(2)16-13(17)9-15(3,4)14(18)19/h5-8,11H,9H2,1-4H3,(H,16,17)(H,18,19)/t11-/m0/s1. The molecule has 1 aromatic rings. The van der Waals surface area contributed by atoms with Gasteiger partial charge in [0.05, 0.1) is 11.5 Å². The van der Waals surface area contributed by atoms with Gasteiger partial charge < -0.3 is 10.4 Å². The number of aliphatic carboxylic acids is 1. The lowest BCUT2D eigenvalue weighted by molar-refractivity contribution is -0.149. The molecule has 4 heteroatoms. The highest BCUT2D eigenvalue weighted by Gasteiger charge is 2.30. The lowest BCUT2D eigenvalue weighted by Crippen LogP contribution is -2.34. The van der Waals surface area contributed by atoms with E-state index in [-0.39, 0.29) is 18.4 Å². The van der Waals surface area contributed by atoms with Gasteiger partial charge >= 0.3 is 5.97 Å². The van der Waals surface area contributed by atoms with Gasteiger partial charge in [0, 0.05) is 6.42 Å². The van der Waals surface area contributed by atoms with Crippen LogP contribution in [0.25, 0.3) is 0 Å². The van der Waals surface area contributed by atoms with E-state index in [0.717, 1.165) is 11.1 Å². The molecule has 1 atom stereocenters.